The number of hydrogen-bond acceptors (Lipinski definition) is 6. The summed E-state index contributed by atoms with van der Waals surface area (Å²) in [4.78, 5) is 25.2. The Morgan fingerprint density at radius 2 is 2.12 bits per heavy atom. The molecule has 124 valence electrons. The minimum Gasteiger partial charge on any atom is -0.484 e. The number of carbonyl (C=O) groups excluding carboxylic acids is 2. The highest BCUT2D eigenvalue weighted by Crippen LogP contribution is 2.21. The minimum atomic E-state index is -0.399. The first-order chi connectivity index (χ1) is 11.7. The SMILES string of the molecule is O=C(COc1ccccc1)N/N=C1\SCC(=O)N1Cc1ccco1. The average Bonchev–Trinajstić information content (AvgIpc) is 3.24. The Bertz CT molecular complexity index is 731. The first-order valence-electron chi connectivity index (χ1n) is 7.22. The van der Waals surface area contributed by atoms with Gasteiger partial charge in [-0.3, -0.25) is 14.5 Å². The molecule has 0 bridgehead atoms. The first-order valence-corrected chi connectivity index (χ1v) is 8.21. The second-order valence-electron chi connectivity index (χ2n) is 4.88. The fourth-order valence-corrected chi connectivity index (χ4v) is 2.84. The zero-order chi connectivity index (χ0) is 16.8. The molecule has 0 spiro atoms. The van der Waals surface area contributed by atoms with Crippen molar-refractivity contribution in [3.05, 3.63) is 54.5 Å². The van der Waals surface area contributed by atoms with E-state index in [0.29, 0.717) is 16.7 Å². The summed E-state index contributed by atoms with van der Waals surface area (Å²) >= 11 is 1.27. The number of amidine groups is 1. The molecule has 2 amide bonds. The van der Waals surface area contributed by atoms with Crippen LogP contribution in [0.3, 0.4) is 0 Å². The van der Waals surface area contributed by atoms with Crippen molar-refractivity contribution >= 4 is 28.7 Å². The van der Waals surface area contributed by atoms with Gasteiger partial charge in [-0.15, -0.1) is 5.10 Å². The molecule has 24 heavy (non-hydrogen) atoms. The van der Waals surface area contributed by atoms with Gasteiger partial charge in [-0.2, -0.15) is 0 Å². The normalized spacial score (nSPS) is 15.8. The van der Waals surface area contributed by atoms with Gasteiger partial charge in [0.05, 0.1) is 18.6 Å². The number of hydrazone groups is 1. The maximum absolute atomic E-state index is 11.9. The molecule has 8 heteroatoms. The molecule has 0 unspecified atom stereocenters. The van der Waals surface area contributed by atoms with Gasteiger partial charge in [0.25, 0.3) is 5.91 Å². The van der Waals surface area contributed by atoms with Crippen LogP contribution in [0.4, 0.5) is 0 Å². The Balaban J connectivity index is 1.54. The molecule has 1 aliphatic heterocycles. The summed E-state index contributed by atoms with van der Waals surface area (Å²) in [6, 6.07) is 12.6. The van der Waals surface area contributed by atoms with Gasteiger partial charge < -0.3 is 9.15 Å². The lowest BCUT2D eigenvalue weighted by Crippen LogP contribution is -2.32. The molecule has 1 N–H and O–H groups in total. The molecule has 2 heterocycles. The molecule has 3 rings (SSSR count). The highest BCUT2D eigenvalue weighted by molar-refractivity contribution is 8.15. The standard InChI is InChI=1S/C16H15N3O4S/c20-14(10-23-12-5-2-1-3-6-12)17-18-16-19(15(21)11-24-16)9-13-7-4-8-22-13/h1-8H,9-11H2,(H,17,20)/b18-16-. The number of nitrogens with zero attached hydrogens (tertiary/aromatic N) is 2. The Morgan fingerprint density at radius 1 is 1.29 bits per heavy atom. The third-order valence-corrected chi connectivity index (χ3v) is 4.10. The van der Waals surface area contributed by atoms with E-state index >= 15 is 0 Å². The van der Waals surface area contributed by atoms with Crippen molar-refractivity contribution in [1.29, 1.82) is 0 Å². The summed E-state index contributed by atoms with van der Waals surface area (Å²) in [5, 5.41) is 4.45. The van der Waals surface area contributed by atoms with Crippen LogP contribution < -0.4 is 10.2 Å². The summed E-state index contributed by atoms with van der Waals surface area (Å²) < 4.78 is 10.6. The molecule has 1 aromatic heterocycles. The largest absolute Gasteiger partial charge is 0.484 e. The molecule has 1 fully saturated rings. The Labute approximate surface area is 142 Å². The molecule has 0 aliphatic carbocycles. The number of ether oxygens (including phenoxy) is 1. The third-order valence-electron chi connectivity index (χ3n) is 3.14. The summed E-state index contributed by atoms with van der Waals surface area (Å²) in [5.74, 6) is 1.06. The van der Waals surface area contributed by atoms with Crippen molar-refractivity contribution in [2.45, 2.75) is 6.54 Å². The van der Waals surface area contributed by atoms with E-state index in [-0.39, 0.29) is 24.8 Å². The van der Waals surface area contributed by atoms with Crippen LogP contribution in [0.5, 0.6) is 5.75 Å². The van der Waals surface area contributed by atoms with E-state index in [9.17, 15) is 9.59 Å². The van der Waals surface area contributed by atoms with Gasteiger partial charge in [0.2, 0.25) is 5.91 Å². The lowest BCUT2D eigenvalue weighted by Gasteiger charge is -2.14. The fourth-order valence-electron chi connectivity index (χ4n) is 2.00. The summed E-state index contributed by atoms with van der Waals surface area (Å²) in [5.41, 5.74) is 2.40. The molecule has 1 aliphatic rings. The van der Waals surface area contributed by atoms with Crippen molar-refractivity contribution in [1.82, 2.24) is 10.3 Å². The van der Waals surface area contributed by atoms with Crippen LogP contribution in [0.1, 0.15) is 5.76 Å². The monoisotopic (exact) mass is 345 g/mol. The van der Waals surface area contributed by atoms with E-state index in [2.05, 4.69) is 10.5 Å². The smallest absolute Gasteiger partial charge is 0.278 e. The van der Waals surface area contributed by atoms with Crippen molar-refractivity contribution < 1.29 is 18.7 Å². The lowest BCUT2D eigenvalue weighted by atomic mass is 10.3. The number of hydrogen-bond donors (Lipinski definition) is 1. The number of amides is 2. The van der Waals surface area contributed by atoms with E-state index in [1.807, 2.05) is 18.2 Å². The van der Waals surface area contributed by atoms with Crippen LogP contribution in [-0.4, -0.2) is 34.2 Å². The minimum absolute atomic E-state index is 0.0788. The number of benzene rings is 1. The van der Waals surface area contributed by atoms with Crippen molar-refractivity contribution in [3.63, 3.8) is 0 Å². The lowest BCUT2D eigenvalue weighted by molar-refractivity contribution is -0.125. The average molecular weight is 345 g/mol. The molecule has 1 saturated heterocycles. The highest BCUT2D eigenvalue weighted by Gasteiger charge is 2.29. The Hall–Kier alpha value is -2.74. The zero-order valence-electron chi connectivity index (χ0n) is 12.7. The molecule has 1 aromatic carbocycles. The van der Waals surface area contributed by atoms with Gasteiger partial charge in [-0.05, 0) is 24.3 Å². The highest BCUT2D eigenvalue weighted by atomic mass is 32.2. The molecular formula is C16H15N3O4S. The summed E-state index contributed by atoms with van der Waals surface area (Å²) in [6.07, 6.45) is 1.54. The summed E-state index contributed by atoms with van der Waals surface area (Å²) in [6.45, 7) is 0.131. The van der Waals surface area contributed by atoms with Gasteiger partial charge in [0.1, 0.15) is 11.5 Å². The maximum Gasteiger partial charge on any atom is 0.278 e. The van der Waals surface area contributed by atoms with Crippen LogP contribution >= 0.6 is 11.8 Å². The van der Waals surface area contributed by atoms with E-state index in [4.69, 9.17) is 9.15 Å². The van der Waals surface area contributed by atoms with E-state index in [1.165, 1.54) is 16.7 Å². The quantitative estimate of drug-likeness (QED) is 0.808. The Morgan fingerprint density at radius 3 is 2.88 bits per heavy atom. The topological polar surface area (TPSA) is 84.1 Å². The number of furan rings is 1. The summed E-state index contributed by atoms with van der Waals surface area (Å²) in [7, 11) is 0. The maximum atomic E-state index is 11.9. The van der Waals surface area contributed by atoms with Crippen molar-refractivity contribution in [3.8, 4) is 5.75 Å². The number of rotatable bonds is 6. The van der Waals surface area contributed by atoms with Crippen LogP contribution in [0.2, 0.25) is 0 Å². The molecule has 0 saturated carbocycles. The predicted molar refractivity (Wildman–Crippen MR) is 89.2 cm³/mol. The molecule has 0 atom stereocenters. The number of carbonyl (C=O) groups is 2. The second kappa shape index (κ2) is 7.69. The van der Waals surface area contributed by atoms with E-state index < -0.39 is 5.91 Å². The molecule has 0 radical (unpaired) electrons. The second-order valence-corrected chi connectivity index (χ2v) is 5.82. The van der Waals surface area contributed by atoms with Crippen molar-refractivity contribution in [2.24, 2.45) is 5.10 Å². The Kier molecular flexibility index (Phi) is 5.17. The van der Waals surface area contributed by atoms with E-state index in [0.717, 1.165) is 0 Å². The molecule has 7 nitrogen and oxygen atoms in total. The molecular weight excluding hydrogens is 330 g/mol. The van der Waals surface area contributed by atoms with Gasteiger partial charge >= 0.3 is 0 Å². The van der Waals surface area contributed by atoms with Crippen molar-refractivity contribution in [2.75, 3.05) is 12.4 Å². The number of para-hydroxylation sites is 1. The number of nitrogens with one attached hydrogen (secondary N) is 1. The van der Waals surface area contributed by atoms with Crippen LogP contribution in [0.25, 0.3) is 0 Å². The zero-order valence-corrected chi connectivity index (χ0v) is 13.5. The predicted octanol–water partition coefficient (Wildman–Crippen LogP) is 1.82. The van der Waals surface area contributed by atoms with Gasteiger partial charge in [-0.25, -0.2) is 5.43 Å². The van der Waals surface area contributed by atoms with Crippen LogP contribution in [0.15, 0.2) is 58.2 Å². The van der Waals surface area contributed by atoms with E-state index in [1.54, 1.807) is 30.5 Å². The molecule has 2 aromatic rings. The van der Waals surface area contributed by atoms with Crippen LogP contribution in [0, 0.1) is 0 Å². The first kappa shape index (κ1) is 16.1. The number of thioether (sulfide) groups is 1. The third kappa shape index (κ3) is 4.17. The van der Waals surface area contributed by atoms with Crippen LogP contribution in [-0.2, 0) is 16.1 Å². The van der Waals surface area contributed by atoms with Gasteiger partial charge in [-0.1, -0.05) is 30.0 Å². The van der Waals surface area contributed by atoms with Gasteiger partial charge in [0.15, 0.2) is 11.8 Å². The van der Waals surface area contributed by atoms with Gasteiger partial charge in [0, 0.05) is 0 Å². The fraction of sp³-hybridized carbons (Fsp3) is 0.188.